The Labute approximate surface area is 93.5 Å². The van der Waals surface area contributed by atoms with E-state index in [2.05, 4.69) is 63.1 Å². The van der Waals surface area contributed by atoms with Gasteiger partial charge in [-0.2, -0.15) is 0 Å². The van der Waals surface area contributed by atoms with Crippen molar-refractivity contribution in [1.29, 1.82) is 0 Å². The highest BCUT2D eigenvalue weighted by Crippen LogP contribution is 2.31. The predicted octanol–water partition coefficient (Wildman–Crippen LogP) is 2.77. The van der Waals surface area contributed by atoms with Gasteiger partial charge in [0.05, 0.1) is 11.4 Å². The Kier molecular flexibility index (Phi) is 4.01. The van der Waals surface area contributed by atoms with Crippen LogP contribution in [0.1, 0.15) is 18.9 Å². The molecular formula is C13H22N2. The van der Waals surface area contributed by atoms with Crippen LogP contribution < -0.4 is 9.80 Å². The molecule has 0 aliphatic heterocycles. The van der Waals surface area contributed by atoms with Gasteiger partial charge in [-0.25, -0.2) is 0 Å². The molecule has 2 heteroatoms. The van der Waals surface area contributed by atoms with Gasteiger partial charge in [0, 0.05) is 28.2 Å². The minimum atomic E-state index is 1.15. The maximum absolute atomic E-state index is 2.23. The Balaban J connectivity index is 3.22. The van der Waals surface area contributed by atoms with Crippen molar-refractivity contribution in [1.82, 2.24) is 0 Å². The van der Waals surface area contributed by atoms with Gasteiger partial charge >= 0.3 is 0 Å². The van der Waals surface area contributed by atoms with Crippen LogP contribution in [0.5, 0.6) is 0 Å². The van der Waals surface area contributed by atoms with Crippen molar-refractivity contribution < 1.29 is 0 Å². The van der Waals surface area contributed by atoms with Gasteiger partial charge in [0.1, 0.15) is 0 Å². The lowest BCUT2D eigenvalue weighted by molar-refractivity contribution is 0.909. The minimum absolute atomic E-state index is 1.15. The largest absolute Gasteiger partial charge is 0.376 e. The number of aryl methyl sites for hydroxylation is 1. The van der Waals surface area contributed by atoms with Gasteiger partial charge in [-0.15, -0.1) is 0 Å². The van der Waals surface area contributed by atoms with Crippen LogP contribution in [-0.2, 0) is 6.42 Å². The monoisotopic (exact) mass is 206 g/mol. The summed E-state index contributed by atoms with van der Waals surface area (Å²) >= 11 is 0. The molecule has 1 rings (SSSR count). The zero-order valence-corrected chi connectivity index (χ0v) is 10.5. The molecule has 0 heterocycles. The van der Waals surface area contributed by atoms with Crippen molar-refractivity contribution in [2.75, 3.05) is 38.0 Å². The van der Waals surface area contributed by atoms with Crippen molar-refractivity contribution in [2.45, 2.75) is 19.8 Å². The van der Waals surface area contributed by atoms with Crippen LogP contribution in [-0.4, -0.2) is 28.2 Å². The number of para-hydroxylation sites is 1. The second-order valence-electron chi connectivity index (χ2n) is 4.32. The zero-order chi connectivity index (χ0) is 11.4. The number of benzene rings is 1. The number of hydrogen-bond donors (Lipinski definition) is 0. The van der Waals surface area contributed by atoms with Gasteiger partial charge in [-0.3, -0.25) is 0 Å². The van der Waals surface area contributed by atoms with E-state index in [1.54, 1.807) is 0 Å². The summed E-state index contributed by atoms with van der Waals surface area (Å²) in [5, 5.41) is 0. The van der Waals surface area contributed by atoms with Gasteiger partial charge in [0.2, 0.25) is 0 Å². The fraction of sp³-hybridized carbons (Fsp3) is 0.538. The fourth-order valence-corrected chi connectivity index (χ4v) is 1.93. The first kappa shape index (κ1) is 11.9. The quantitative estimate of drug-likeness (QED) is 0.747. The fourth-order valence-electron chi connectivity index (χ4n) is 1.93. The van der Waals surface area contributed by atoms with Crippen LogP contribution in [0.3, 0.4) is 0 Å². The lowest BCUT2D eigenvalue weighted by atomic mass is 10.1. The highest BCUT2D eigenvalue weighted by Gasteiger charge is 2.10. The van der Waals surface area contributed by atoms with E-state index >= 15 is 0 Å². The van der Waals surface area contributed by atoms with Crippen molar-refractivity contribution in [3.05, 3.63) is 23.8 Å². The van der Waals surface area contributed by atoms with Crippen molar-refractivity contribution in [2.24, 2.45) is 0 Å². The molecule has 0 unspecified atom stereocenters. The number of anilines is 2. The molecule has 0 saturated heterocycles. The summed E-state index contributed by atoms with van der Waals surface area (Å²) in [7, 11) is 8.42. The van der Waals surface area contributed by atoms with Gasteiger partial charge in [0.15, 0.2) is 0 Å². The summed E-state index contributed by atoms with van der Waals surface area (Å²) in [4.78, 5) is 4.38. The van der Waals surface area contributed by atoms with E-state index < -0.39 is 0 Å². The molecule has 0 aliphatic rings. The van der Waals surface area contributed by atoms with E-state index in [-0.39, 0.29) is 0 Å². The third-order valence-electron chi connectivity index (χ3n) is 2.55. The van der Waals surface area contributed by atoms with Gasteiger partial charge in [-0.1, -0.05) is 25.5 Å². The molecule has 0 N–H and O–H groups in total. The molecule has 0 aromatic heterocycles. The molecule has 0 amide bonds. The van der Waals surface area contributed by atoms with E-state index in [0.29, 0.717) is 0 Å². The highest BCUT2D eigenvalue weighted by molar-refractivity contribution is 5.74. The Hall–Kier alpha value is -1.18. The predicted molar refractivity (Wildman–Crippen MR) is 69.1 cm³/mol. The third-order valence-corrected chi connectivity index (χ3v) is 2.55. The lowest BCUT2D eigenvalue weighted by Crippen LogP contribution is -2.18. The molecule has 1 aromatic carbocycles. The summed E-state index contributed by atoms with van der Waals surface area (Å²) in [5.74, 6) is 0. The van der Waals surface area contributed by atoms with Crippen molar-refractivity contribution in [3.8, 4) is 0 Å². The first-order valence-electron chi connectivity index (χ1n) is 5.54. The van der Waals surface area contributed by atoms with Crippen molar-refractivity contribution >= 4 is 11.4 Å². The zero-order valence-electron chi connectivity index (χ0n) is 10.5. The molecule has 0 bridgehead atoms. The highest BCUT2D eigenvalue weighted by atomic mass is 15.1. The second-order valence-corrected chi connectivity index (χ2v) is 4.32. The van der Waals surface area contributed by atoms with E-state index in [1.807, 2.05) is 0 Å². The Morgan fingerprint density at radius 2 is 1.67 bits per heavy atom. The molecule has 0 atom stereocenters. The Bertz CT molecular complexity index is 316. The Morgan fingerprint density at radius 3 is 2.13 bits per heavy atom. The SMILES string of the molecule is CCCc1cccc(N(C)C)c1N(C)C. The second kappa shape index (κ2) is 5.06. The van der Waals surface area contributed by atoms with E-state index in [0.717, 1.165) is 6.42 Å². The minimum Gasteiger partial charge on any atom is -0.376 e. The molecule has 0 saturated carbocycles. The average molecular weight is 206 g/mol. The normalized spacial score (nSPS) is 10.2. The smallest absolute Gasteiger partial charge is 0.0631 e. The van der Waals surface area contributed by atoms with Crippen LogP contribution >= 0.6 is 0 Å². The lowest BCUT2D eigenvalue weighted by Gasteiger charge is -2.25. The summed E-state index contributed by atoms with van der Waals surface area (Å²) in [6.07, 6.45) is 2.34. The first-order valence-corrected chi connectivity index (χ1v) is 5.54. The molecule has 15 heavy (non-hydrogen) atoms. The Morgan fingerprint density at radius 1 is 1.00 bits per heavy atom. The molecule has 0 radical (unpaired) electrons. The van der Waals surface area contributed by atoms with E-state index in [1.165, 1.54) is 23.4 Å². The molecule has 0 fully saturated rings. The van der Waals surface area contributed by atoms with Crippen LogP contribution in [0.4, 0.5) is 11.4 Å². The standard InChI is InChI=1S/C13H22N2/c1-6-8-11-9-7-10-12(14(2)3)13(11)15(4)5/h7,9-10H,6,8H2,1-5H3. The number of rotatable bonds is 4. The molecule has 0 spiro atoms. The third kappa shape index (κ3) is 2.65. The summed E-state index contributed by atoms with van der Waals surface area (Å²) in [6, 6.07) is 6.55. The summed E-state index contributed by atoms with van der Waals surface area (Å²) in [5.41, 5.74) is 4.09. The van der Waals surface area contributed by atoms with Crippen LogP contribution in [0.15, 0.2) is 18.2 Å². The molecule has 2 nitrogen and oxygen atoms in total. The molecule has 1 aromatic rings. The topological polar surface area (TPSA) is 6.48 Å². The van der Waals surface area contributed by atoms with Gasteiger partial charge in [-0.05, 0) is 18.1 Å². The van der Waals surface area contributed by atoms with Crippen LogP contribution in [0.2, 0.25) is 0 Å². The maximum Gasteiger partial charge on any atom is 0.0631 e. The van der Waals surface area contributed by atoms with Gasteiger partial charge in [0.25, 0.3) is 0 Å². The number of hydrogen-bond acceptors (Lipinski definition) is 2. The summed E-state index contributed by atoms with van der Waals surface area (Å²) in [6.45, 7) is 2.22. The summed E-state index contributed by atoms with van der Waals surface area (Å²) < 4.78 is 0. The van der Waals surface area contributed by atoms with E-state index in [9.17, 15) is 0 Å². The number of nitrogens with zero attached hydrogens (tertiary/aromatic N) is 2. The van der Waals surface area contributed by atoms with Crippen LogP contribution in [0.25, 0.3) is 0 Å². The molecule has 84 valence electrons. The maximum atomic E-state index is 2.23. The first-order chi connectivity index (χ1) is 7.07. The van der Waals surface area contributed by atoms with Gasteiger partial charge < -0.3 is 9.80 Å². The molecular weight excluding hydrogens is 184 g/mol. The van der Waals surface area contributed by atoms with E-state index in [4.69, 9.17) is 0 Å². The van der Waals surface area contributed by atoms with Crippen LogP contribution in [0, 0.1) is 0 Å². The van der Waals surface area contributed by atoms with Crippen molar-refractivity contribution in [3.63, 3.8) is 0 Å². The molecule has 0 aliphatic carbocycles. The average Bonchev–Trinajstić information content (AvgIpc) is 2.17.